The fourth-order valence-electron chi connectivity index (χ4n) is 5.10. The number of nitrogens with zero attached hydrogens (tertiary/aromatic N) is 3. The Kier molecular flexibility index (Phi) is 9.38. The van der Waals surface area contributed by atoms with Gasteiger partial charge in [0.25, 0.3) is 11.8 Å². The number of carbonyl (C=O) groups is 3. The van der Waals surface area contributed by atoms with Crippen LogP contribution in [-0.4, -0.2) is 80.1 Å². The van der Waals surface area contributed by atoms with E-state index < -0.39 is 6.09 Å². The summed E-state index contributed by atoms with van der Waals surface area (Å²) in [7, 11) is 0. The van der Waals surface area contributed by atoms with Gasteiger partial charge in [-0.2, -0.15) is 0 Å². The molecule has 10 heteroatoms. The molecule has 0 radical (unpaired) electrons. The van der Waals surface area contributed by atoms with Gasteiger partial charge < -0.3 is 24.8 Å². The van der Waals surface area contributed by atoms with Gasteiger partial charge >= 0.3 is 6.09 Å². The Morgan fingerprint density at radius 1 is 0.780 bits per heavy atom. The number of anilines is 2. The van der Waals surface area contributed by atoms with Crippen molar-refractivity contribution in [3.05, 3.63) is 94.5 Å². The summed E-state index contributed by atoms with van der Waals surface area (Å²) in [6.07, 6.45) is 0.285. The van der Waals surface area contributed by atoms with Crippen LogP contribution in [0, 0.1) is 0 Å². The molecular formula is C31H34ClN5O4. The lowest BCUT2D eigenvalue weighted by Gasteiger charge is -2.37. The molecule has 2 heterocycles. The predicted molar refractivity (Wildman–Crippen MR) is 160 cm³/mol. The van der Waals surface area contributed by atoms with E-state index in [2.05, 4.69) is 15.5 Å². The Labute approximate surface area is 245 Å². The quantitative estimate of drug-likeness (QED) is 0.450. The van der Waals surface area contributed by atoms with E-state index >= 15 is 0 Å². The van der Waals surface area contributed by atoms with Crippen LogP contribution in [0.2, 0.25) is 5.02 Å². The number of amides is 3. The summed E-state index contributed by atoms with van der Waals surface area (Å²) in [6.45, 7) is 5.20. The minimum absolute atomic E-state index is 0.0668. The second-order valence-electron chi connectivity index (χ2n) is 10.1. The maximum Gasteiger partial charge on any atom is 0.412 e. The molecule has 0 saturated carbocycles. The molecule has 41 heavy (non-hydrogen) atoms. The van der Waals surface area contributed by atoms with Gasteiger partial charge in [0.2, 0.25) is 0 Å². The lowest BCUT2D eigenvalue weighted by atomic mass is 10.1. The second-order valence-corrected chi connectivity index (χ2v) is 10.5. The van der Waals surface area contributed by atoms with E-state index in [1.807, 2.05) is 41.3 Å². The fourth-order valence-corrected chi connectivity index (χ4v) is 5.29. The van der Waals surface area contributed by atoms with Gasteiger partial charge in [0.05, 0.1) is 11.4 Å². The number of rotatable bonds is 6. The van der Waals surface area contributed by atoms with Crippen LogP contribution in [0.5, 0.6) is 0 Å². The summed E-state index contributed by atoms with van der Waals surface area (Å²) in [5, 5.41) is 6.71. The minimum atomic E-state index is -0.603. The van der Waals surface area contributed by atoms with Crippen molar-refractivity contribution in [3.8, 4) is 0 Å². The molecule has 2 fully saturated rings. The number of piperazine rings is 1. The Bertz CT molecular complexity index is 1370. The Hall–Kier alpha value is -4.08. The Morgan fingerprint density at radius 2 is 1.51 bits per heavy atom. The third-order valence-corrected chi connectivity index (χ3v) is 7.53. The van der Waals surface area contributed by atoms with Crippen molar-refractivity contribution in [2.24, 2.45) is 0 Å². The molecule has 3 aromatic rings. The number of halogens is 1. The predicted octanol–water partition coefficient (Wildman–Crippen LogP) is 4.49. The van der Waals surface area contributed by atoms with Gasteiger partial charge in [-0.3, -0.25) is 14.9 Å². The van der Waals surface area contributed by atoms with Crippen LogP contribution < -0.4 is 15.5 Å². The highest BCUT2D eigenvalue weighted by Gasteiger charge is 2.26. The average molecular weight is 576 g/mol. The molecule has 0 spiro atoms. The van der Waals surface area contributed by atoms with Crippen molar-refractivity contribution in [1.29, 1.82) is 0 Å². The minimum Gasteiger partial charge on any atom is -0.444 e. The van der Waals surface area contributed by atoms with Crippen LogP contribution in [-0.2, 0) is 11.3 Å². The molecule has 2 aliphatic heterocycles. The van der Waals surface area contributed by atoms with Crippen molar-refractivity contribution >= 4 is 40.9 Å². The van der Waals surface area contributed by atoms with Crippen LogP contribution in [0.15, 0.2) is 72.8 Å². The van der Waals surface area contributed by atoms with Crippen molar-refractivity contribution in [3.63, 3.8) is 0 Å². The molecule has 3 amide bonds. The first-order valence-corrected chi connectivity index (χ1v) is 14.3. The summed E-state index contributed by atoms with van der Waals surface area (Å²) in [5.41, 5.74) is 3.20. The van der Waals surface area contributed by atoms with Gasteiger partial charge in [-0.1, -0.05) is 48.0 Å². The van der Waals surface area contributed by atoms with E-state index in [0.29, 0.717) is 61.1 Å². The lowest BCUT2D eigenvalue weighted by Crippen LogP contribution is -2.49. The van der Waals surface area contributed by atoms with E-state index in [0.717, 1.165) is 30.8 Å². The zero-order valence-corrected chi connectivity index (χ0v) is 23.6. The third-order valence-electron chi connectivity index (χ3n) is 7.30. The standard InChI is InChI=1S/C31H34ClN5O4/c32-26-9-4-8-24(20-26)29(38)37-18-16-35(17-19-37)28-11-10-25(30(39)36-14-5-12-33-13-15-36)21-27(28)34-31(40)41-22-23-6-2-1-3-7-23/h1-4,6-11,20-21,33H,5,12-19,22H2,(H,34,40). The van der Waals surface area contributed by atoms with E-state index in [9.17, 15) is 14.4 Å². The molecule has 214 valence electrons. The second kappa shape index (κ2) is 13.5. The topological polar surface area (TPSA) is 94.2 Å². The molecule has 0 aromatic heterocycles. The highest BCUT2D eigenvalue weighted by Crippen LogP contribution is 2.30. The Balaban J connectivity index is 1.31. The van der Waals surface area contributed by atoms with Crippen LogP contribution in [0.4, 0.5) is 16.2 Å². The van der Waals surface area contributed by atoms with Crippen molar-refractivity contribution in [1.82, 2.24) is 15.1 Å². The highest BCUT2D eigenvalue weighted by molar-refractivity contribution is 6.31. The first-order valence-electron chi connectivity index (χ1n) is 13.9. The zero-order chi connectivity index (χ0) is 28.6. The van der Waals surface area contributed by atoms with Gasteiger partial charge in [-0.25, -0.2) is 4.79 Å². The monoisotopic (exact) mass is 575 g/mol. The third kappa shape index (κ3) is 7.36. The van der Waals surface area contributed by atoms with Gasteiger partial charge in [0.1, 0.15) is 6.61 Å². The number of benzene rings is 3. The molecule has 2 aliphatic rings. The zero-order valence-electron chi connectivity index (χ0n) is 22.9. The summed E-state index contributed by atoms with van der Waals surface area (Å²) < 4.78 is 5.48. The maximum absolute atomic E-state index is 13.4. The molecular weight excluding hydrogens is 542 g/mol. The fraction of sp³-hybridized carbons (Fsp3) is 0.323. The summed E-state index contributed by atoms with van der Waals surface area (Å²) in [6, 6.07) is 21.8. The SMILES string of the molecule is O=C(Nc1cc(C(=O)N2CCCNCC2)ccc1N1CCN(C(=O)c2cccc(Cl)c2)CC1)OCc1ccccc1. The number of carbonyl (C=O) groups excluding carboxylic acids is 3. The first kappa shape index (κ1) is 28.4. The van der Waals surface area contributed by atoms with Crippen molar-refractivity contribution in [2.75, 3.05) is 62.6 Å². The molecule has 5 rings (SSSR count). The van der Waals surface area contributed by atoms with Gasteiger partial charge in [-0.15, -0.1) is 0 Å². The smallest absolute Gasteiger partial charge is 0.412 e. The number of hydrogen-bond acceptors (Lipinski definition) is 6. The maximum atomic E-state index is 13.4. The van der Waals surface area contributed by atoms with Crippen molar-refractivity contribution in [2.45, 2.75) is 13.0 Å². The van der Waals surface area contributed by atoms with Crippen LogP contribution in [0.1, 0.15) is 32.7 Å². The molecule has 3 aromatic carbocycles. The number of hydrogen-bond donors (Lipinski definition) is 2. The molecule has 0 bridgehead atoms. The number of nitrogens with one attached hydrogen (secondary N) is 2. The Morgan fingerprint density at radius 3 is 2.27 bits per heavy atom. The number of ether oxygens (including phenoxy) is 1. The van der Waals surface area contributed by atoms with E-state index in [-0.39, 0.29) is 18.4 Å². The van der Waals surface area contributed by atoms with E-state index in [1.165, 1.54) is 0 Å². The molecule has 0 aliphatic carbocycles. The molecule has 0 unspecified atom stereocenters. The summed E-state index contributed by atoms with van der Waals surface area (Å²) >= 11 is 6.09. The first-order chi connectivity index (χ1) is 20.0. The average Bonchev–Trinajstić information content (AvgIpc) is 3.30. The van der Waals surface area contributed by atoms with Gasteiger partial charge in [0.15, 0.2) is 0 Å². The van der Waals surface area contributed by atoms with Crippen molar-refractivity contribution < 1.29 is 19.1 Å². The molecule has 9 nitrogen and oxygen atoms in total. The van der Waals surface area contributed by atoms with E-state index in [4.69, 9.17) is 16.3 Å². The largest absolute Gasteiger partial charge is 0.444 e. The molecule has 0 atom stereocenters. The molecule has 2 saturated heterocycles. The van der Waals surface area contributed by atoms with Gasteiger partial charge in [0, 0.05) is 62.0 Å². The highest BCUT2D eigenvalue weighted by atomic mass is 35.5. The normalized spacial score (nSPS) is 15.7. The van der Waals surface area contributed by atoms with Crippen LogP contribution >= 0.6 is 11.6 Å². The van der Waals surface area contributed by atoms with Gasteiger partial charge in [-0.05, 0) is 54.9 Å². The lowest BCUT2D eigenvalue weighted by molar-refractivity contribution is 0.0743. The van der Waals surface area contributed by atoms with E-state index in [1.54, 1.807) is 41.3 Å². The van der Waals surface area contributed by atoms with Crippen LogP contribution in [0.25, 0.3) is 0 Å². The molecule has 2 N–H and O–H groups in total. The van der Waals surface area contributed by atoms with Crippen LogP contribution in [0.3, 0.4) is 0 Å². The summed E-state index contributed by atoms with van der Waals surface area (Å²) in [4.78, 5) is 45.0. The summed E-state index contributed by atoms with van der Waals surface area (Å²) in [5.74, 6) is -0.138.